The fourth-order valence-electron chi connectivity index (χ4n) is 2.87. The molecule has 4 nitrogen and oxygen atoms in total. The summed E-state index contributed by atoms with van der Waals surface area (Å²) >= 11 is 0. The molecule has 1 N–H and O–H groups in total. The van der Waals surface area contributed by atoms with Gasteiger partial charge in [-0.15, -0.1) is 0 Å². The van der Waals surface area contributed by atoms with Gasteiger partial charge in [-0.25, -0.2) is 0 Å². The zero-order valence-electron chi connectivity index (χ0n) is 7.96. The maximum Gasteiger partial charge on any atom is 0.231 e. The molecule has 3 aliphatic heterocycles. The Kier molecular flexibility index (Phi) is 1.56. The molecule has 0 aliphatic carbocycles. The monoisotopic (exact) mass is 195 g/mol. The summed E-state index contributed by atoms with van der Waals surface area (Å²) in [4.78, 5) is 13.4. The first-order chi connectivity index (χ1) is 6.74. The van der Waals surface area contributed by atoms with E-state index in [4.69, 9.17) is 4.74 Å². The Labute approximate surface area is 82.1 Å². The second-order valence-electron chi connectivity index (χ2n) is 4.09. The van der Waals surface area contributed by atoms with Crippen molar-refractivity contribution in [1.29, 1.82) is 0 Å². The quantitative estimate of drug-likeness (QED) is 0.586. The largest absolute Gasteiger partial charge is 0.373 e. The number of amides is 1. The fourth-order valence-corrected chi connectivity index (χ4v) is 2.87. The van der Waals surface area contributed by atoms with Gasteiger partial charge in [0.2, 0.25) is 5.91 Å². The molecule has 3 aliphatic rings. The van der Waals surface area contributed by atoms with Crippen LogP contribution in [0.1, 0.15) is 6.92 Å². The number of hydrogen-bond acceptors (Lipinski definition) is 3. The van der Waals surface area contributed by atoms with Crippen LogP contribution in [0.5, 0.6) is 0 Å². The molecule has 1 amide bonds. The van der Waals surface area contributed by atoms with Gasteiger partial charge in [0.15, 0.2) is 0 Å². The van der Waals surface area contributed by atoms with Crippen molar-refractivity contribution in [2.45, 2.75) is 25.4 Å². The van der Waals surface area contributed by atoms with Crippen LogP contribution in [0.3, 0.4) is 0 Å². The van der Waals surface area contributed by atoms with Gasteiger partial charge in [0, 0.05) is 12.5 Å². The van der Waals surface area contributed by atoms with Crippen LogP contribution in [0.25, 0.3) is 0 Å². The molecular weight excluding hydrogens is 182 g/mol. The van der Waals surface area contributed by atoms with Crippen molar-refractivity contribution in [1.82, 2.24) is 4.90 Å². The Balaban J connectivity index is 1.97. The summed E-state index contributed by atoms with van der Waals surface area (Å²) in [6.45, 7) is 2.46. The molecule has 0 spiro atoms. The maximum absolute atomic E-state index is 11.9. The van der Waals surface area contributed by atoms with Crippen molar-refractivity contribution < 1.29 is 14.6 Å². The summed E-state index contributed by atoms with van der Waals surface area (Å²) in [5, 5.41) is 9.94. The van der Waals surface area contributed by atoms with Crippen molar-refractivity contribution >= 4 is 5.91 Å². The van der Waals surface area contributed by atoms with E-state index in [1.807, 2.05) is 19.1 Å². The molecule has 2 saturated heterocycles. The number of hydrogen-bond donors (Lipinski definition) is 1. The Morgan fingerprint density at radius 2 is 2.21 bits per heavy atom. The van der Waals surface area contributed by atoms with Crippen LogP contribution in [0.4, 0.5) is 0 Å². The molecule has 5 atom stereocenters. The third-order valence-corrected chi connectivity index (χ3v) is 3.53. The average molecular weight is 195 g/mol. The van der Waals surface area contributed by atoms with Crippen LogP contribution in [-0.2, 0) is 9.53 Å². The molecular formula is C10H13NO3. The molecule has 0 radical (unpaired) electrons. The van der Waals surface area contributed by atoms with Crippen LogP contribution in [0.2, 0.25) is 0 Å². The van der Waals surface area contributed by atoms with Crippen molar-refractivity contribution in [2.24, 2.45) is 11.8 Å². The van der Waals surface area contributed by atoms with Gasteiger partial charge in [-0.3, -0.25) is 4.79 Å². The number of likely N-dealkylation sites (tertiary alicyclic amines) is 1. The van der Waals surface area contributed by atoms with Crippen molar-refractivity contribution in [3.05, 3.63) is 12.2 Å². The van der Waals surface area contributed by atoms with Gasteiger partial charge >= 0.3 is 0 Å². The standard InChI is InChI=1S/C10H13NO3/c1-2-11-9(12)7-5-3-4-6(14-5)8(7)10(11)13/h3-9,12H,2H2,1H3. The molecule has 4 heteroatoms. The molecule has 2 fully saturated rings. The van der Waals surface area contributed by atoms with Crippen LogP contribution in [0, 0.1) is 11.8 Å². The fraction of sp³-hybridized carbons (Fsp3) is 0.700. The Morgan fingerprint density at radius 1 is 1.50 bits per heavy atom. The van der Waals surface area contributed by atoms with Gasteiger partial charge in [-0.2, -0.15) is 0 Å². The van der Waals surface area contributed by atoms with E-state index in [2.05, 4.69) is 0 Å². The number of nitrogens with zero attached hydrogens (tertiary/aromatic N) is 1. The van der Waals surface area contributed by atoms with Crippen LogP contribution in [-0.4, -0.2) is 40.9 Å². The highest BCUT2D eigenvalue weighted by Crippen LogP contribution is 2.46. The van der Waals surface area contributed by atoms with Gasteiger partial charge in [0.25, 0.3) is 0 Å². The third-order valence-electron chi connectivity index (χ3n) is 3.53. The molecule has 2 bridgehead atoms. The number of fused-ring (bicyclic) bond motifs is 5. The molecule has 3 rings (SSSR count). The maximum atomic E-state index is 11.9. The first kappa shape index (κ1) is 8.44. The smallest absolute Gasteiger partial charge is 0.231 e. The summed E-state index contributed by atoms with van der Waals surface area (Å²) in [5.74, 6) is -0.140. The predicted octanol–water partition coefficient (Wildman–Crippen LogP) is -0.264. The highest BCUT2D eigenvalue weighted by molar-refractivity contribution is 5.83. The zero-order chi connectivity index (χ0) is 9.87. The van der Waals surface area contributed by atoms with Crippen LogP contribution in [0.15, 0.2) is 12.2 Å². The SMILES string of the molecule is CCN1C(=O)C2C3C=CC(O3)C2C1O. The molecule has 0 aromatic carbocycles. The summed E-state index contributed by atoms with van der Waals surface area (Å²) in [7, 11) is 0. The lowest BCUT2D eigenvalue weighted by molar-refractivity contribution is -0.138. The normalized spacial score (nSPS) is 49.1. The first-order valence-corrected chi connectivity index (χ1v) is 5.06. The molecule has 76 valence electrons. The number of aliphatic hydroxyl groups is 1. The average Bonchev–Trinajstić information content (AvgIpc) is 2.80. The van der Waals surface area contributed by atoms with E-state index in [0.29, 0.717) is 6.54 Å². The summed E-state index contributed by atoms with van der Waals surface area (Å²) in [6, 6.07) is 0. The van der Waals surface area contributed by atoms with E-state index >= 15 is 0 Å². The van der Waals surface area contributed by atoms with E-state index in [-0.39, 0.29) is 30.0 Å². The topological polar surface area (TPSA) is 49.8 Å². The Bertz CT molecular complexity index is 314. The lowest BCUT2D eigenvalue weighted by Gasteiger charge is -2.23. The van der Waals surface area contributed by atoms with Crippen LogP contribution < -0.4 is 0 Å². The summed E-state index contributed by atoms with van der Waals surface area (Å²) in [5.41, 5.74) is 0. The predicted molar refractivity (Wildman–Crippen MR) is 48.2 cm³/mol. The zero-order valence-corrected chi connectivity index (χ0v) is 7.96. The van der Waals surface area contributed by atoms with Gasteiger partial charge in [-0.05, 0) is 6.92 Å². The Hall–Kier alpha value is -0.870. The molecule has 0 aromatic rings. The Morgan fingerprint density at radius 3 is 2.86 bits per heavy atom. The molecule has 14 heavy (non-hydrogen) atoms. The van der Waals surface area contributed by atoms with Gasteiger partial charge in [0.1, 0.15) is 6.23 Å². The third kappa shape index (κ3) is 0.786. The van der Waals surface area contributed by atoms with E-state index in [1.165, 1.54) is 0 Å². The number of carbonyl (C=O) groups excluding carboxylic acids is 1. The number of carbonyl (C=O) groups is 1. The first-order valence-electron chi connectivity index (χ1n) is 5.06. The van der Waals surface area contributed by atoms with E-state index in [9.17, 15) is 9.90 Å². The number of rotatable bonds is 1. The minimum atomic E-state index is -0.655. The van der Waals surface area contributed by atoms with Crippen LogP contribution >= 0.6 is 0 Å². The van der Waals surface area contributed by atoms with Crippen molar-refractivity contribution in [3.63, 3.8) is 0 Å². The lowest BCUT2D eigenvalue weighted by Crippen LogP contribution is -2.37. The number of ether oxygens (including phenoxy) is 1. The van der Waals surface area contributed by atoms with Gasteiger partial charge in [-0.1, -0.05) is 12.2 Å². The minimum absolute atomic E-state index is 0.0434. The van der Waals surface area contributed by atoms with E-state index in [1.54, 1.807) is 4.90 Å². The highest BCUT2D eigenvalue weighted by Gasteiger charge is 2.59. The van der Waals surface area contributed by atoms with Crippen molar-refractivity contribution in [3.8, 4) is 0 Å². The second-order valence-corrected chi connectivity index (χ2v) is 4.09. The minimum Gasteiger partial charge on any atom is -0.373 e. The van der Waals surface area contributed by atoms with E-state index < -0.39 is 6.23 Å². The highest BCUT2D eigenvalue weighted by atomic mass is 16.5. The lowest BCUT2D eigenvalue weighted by atomic mass is 9.85. The van der Waals surface area contributed by atoms with Gasteiger partial charge in [0.05, 0.1) is 18.1 Å². The summed E-state index contributed by atoms with van der Waals surface area (Å²) in [6.07, 6.45) is 3.10. The second kappa shape index (κ2) is 2.58. The van der Waals surface area contributed by atoms with Gasteiger partial charge < -0.3 is 14.7 Å². The number of aliphatic hydroxyl groups excluding tert-OH is 1. The molecule has 0 aromatic heterocycles. The van der Waals surface area contributed by atoms with E-state index in [0.717, 1.165) is 0 Å². The molecule has 5 unspecified atom stereocenters. The molecule has 3 heterocycles. The van der Waals surface area contributed by atoms with Crippen molar-refractivity contribution in [2.75, 3.05) is 6.54 Å². The summed E-state index contributed by atoms with van der Waals surface area (Å²) < 4.78 is 5.55. The molecule has 0 saturated carbocycles.